The Labute approximate surface area is 99.6 Å². The van der Waals surface area contributed by atoms with E-state index in [1.807, 2.05) is 26.2 Å². The highest BCUT2D eigenvalue weighted by molar-refractivity contribution is 6.02. The van der Waals surface area contributed by atoms with E-state index >= 15 is 0 Å². The molecule has 0 atom stereocenters. The van der Waals surface area contributed by atoms with E-state index in [4.69, 9.17) is 0 Å². The summed E-state index contributed by atoms with van der Waals surface area (Å²) in [6.45, 7) is 0. The van der Waals surface area contributed by atoms with Crippen LogP contribution in [0.1, 0.15) is 5.56 Å². The lowest BCUT2D eigenvalue weighted by Gasteiger charge is -2.12. The molecule has 0 aliphatic carbocycles. The number of aromatic hydroxyl groups is 1. The molecule has 88 valence electrons. The number of aromatic nitrogens is 2. The van der Waals surface area contributed by atoms with Crippen molar-refractivity contribution in [3.8, 4) is 5.75 Å². The standard InChI is InChI=1S/C12H14N4O/c1-15(2)14-12(16-8-7-13-9-16)10-5-3-4-6-11(10)17/h3-9,17H,1-2H3/b14-12+. The van der Waals surface area contributed by atoms with Gasteiger partial charge in [-0.2, -0.15) is 5.10 Å². The lowest BCUT2D eigenvalue weighted by molar-refractivity contribution is 0.434. The van der Waals surface area contributed by atoms with Crippen molar-refractivity contribution < 1.29 is 5.11 Å². The summed E-state index contributed by atoms with van der Waals surface area (Å²) in [5, 5.41) is 15.9. The van der Waals surface area contributed by atoms with E-state index in [0.717, 1.165) is 0 Å². The van der Waals surface area contributed by atoms with Gasteiger partial charge in [-0.3, -0.25) is 4.57 Å². The molecular formula is C12H14N4O. The van der Waals surface area contributed by atoms with Crippen molar-refractivity contribution in [2.24, 2.45) is 5.10 Å². The van der Waals surface area contributed by atoms with E-state index in [-0.39, 0.29) is 5.75 Å². The molecule has 0 saturated carbocycles. The van der Waals surface area contributed by atoms with E-state index in [1.165, 1.54) is 0 Å². The third-order valence-electron chi connectivity index (χ3n) is 2.19. The zero-order valence-corrected chi connectivity index (χ0v) is 9.78. The summed E-state index contributed by atoms with van der Waals surface area (Å²) in [4.78, 5) is 3.99. The molecule has 0 saturated heterocycles. The second-order valence-corrected chi connectivity index (χ2v) is 3.76. The van der Waals surface area contributed by atoms with Crippen LogP contribution in [-0.2, 0) is 0 Å². The minimum Gasteiger partial charge on any atom is -0.507 e. The van der Waals surface area contributed by atoms with Gasteiger partial charge in [0.1, 0.15) is 12.1 Å². The van der Waals surface area contributed by atoms with Crippen LogP contribution in [0, 0.1) is 0 Å². The van der Waals surface area contributed by atoms with Crippen LogP contribution in [0.2, 0.25) is 0 Å². The topological polar surface area (TPSA) is 53.6 Å². The van der Waals surface area contributed by atoms with Gasteiger partial charge < -0.3 is 10.1 Å². The third-order valence-corrected chi connectivity index (χ3v) is 2.19. The number of rotatable bonds is 2. The minimum atomic E-state index is 0.196. The molecule has 5 heteroatoms. The Bertz CT molecular complexity index is 517. The third kappa shape index (κ3) is 2.44. The van der Waals surface area contributed by atoms with Crippen molar-refractivity contribution in [1.29, 1.82) is 0 Å². The van der Waals surface area contributed by atoms with E-state index in [2.05, 4.69) is 10.1 Å². The van der Waals surface area contributed by atoms with Crippen molar-refractivity contribution >= 4 is 5.84 Å². The minimum absolute atomic E-state index is 0.196. The molecule has 2 aromatic rings. The number of nitrogens with zero attached hydrogens (tertiary/aromatic N) is 4. The van der Waals surface area contributed by atoms with E-state index in [9.17, 15) is 5.11 Å². The van der Waals surface area contributed by atoms with Crippen LogP contribution in [0.4, 0.5) is 0 Å². The number of phenolic OH excluding ortho intramolecular Hbond substituents is 1. The molecule has 1 heterocycles. The Kier molecular flexibility index (Phi) is 3.09. The first kappa shape index (κ1) is 11.2. The van der Waals surface area contributed by atoms with Gasteiger partial charge in [-0.15, -0.1) is 0 Å². The van der Waals surface area contributed by atoms with Gasteiger partial charge in [0.2, 0.25) is 0 Å². The molecule has 1 aromatic carbocycles. The summed E-state index contributed by atoms with van der Waals surface area (Å²) >= 11 is 0. The van der Waals surface area contributed by atoms with Crippen LogP contribution in [0.3, 0.4) is 0 Å². The van der Waals surface area contributed by atoms with Crippen LogP contribution in [0.5, 0.6) is 5.75 Å². The molecule has 1 aromatic heterocycles. The molecule has 0 amide bonds. The van der Waals surface area contributed by atoms with Gasteiger partial charge in [-0.05, 0) is 12.1 Å². The molecule has 0 unspecified atom stereocenters. The second-order valence-electron chi connectivity index (χ2n) is 3.76. The molecular weight excluding hydrogens is 216 g/mol. The second kappa shape index (κ2) is 4.69. The highest BCUT2D eigenvalue weighted by Gasteiger charge is 2.10. The smallest absolute Gasteiger partial charge is 0.168 e. The molecule has 17 heavy (non-hydrogen) atoms. The first-order chi connectivity index (χ1) is 8.18. The van der Waals surface area contributed by atoms with Gasteiger partial charge in [-0.1, -0.05) is 12.1 Å². The predicted octanol–water partition coefficient (Wildman–Crippen LogP) is 1.36. The SMILES string of the molecule is CN(C)/N=C(\c1ccccc1O)n1ccnc1. The number of phenols is 1. The van der Waals surface area contributed by atoms with Gasteiger partial charge in [0.05, 0.1) is 5.56 Å². The van der Waals surface area contributed by atoms with Crippen LogP contribution in [-0.4, -0.2) is 39.6 Å². The van der Waals surface area contributed by atoms with Crippen molar-refractivity contribution in [2.75, 3.05) is 14.1 Å². The van der Waals surface area contributed by atoms with Crippen molar-refractivity contribution in [3.63, 3.8) is 0 Å². The fraction of sp³-hybridized carbons (Fsp3) is 0.167. The maximum atomic E-state index is 9.86. The molecule has 0 aliphatic rings. The van der Waals surface area contributed by atoms with Crippen LogP contribution >= 0.6 is 0 Å². The van der Waals surface area contributed by atoms with Crippen LogP contribution in [0.15, 0.2) is 48.1 Å². The van der Waals surface area contributed by atoms with Gasteiger partial charge in [0.25, 0.3) is 0 Å². The molecule has 2 rings (SSSR count). The lowest BCUT2D eigenvalue weighted by Crippen LogP contribution is -2.17. The van der Waals surface area contributed by atoms with E-state index < -0.39 is 0 Å². The molecule has 5 nitrogen and oxygen atoms in total. The first-order valence-corrected chi connectivity index (χ1v) is 5.21. The normalized spacial score (nSPS) is 11.5. The number of para-hydroxylation sites is 1. The average molecular weight is 230 g/mol. The zero-order valence-electron chi connectivity index (χ0n) is 9.78. The van der Waals surface area contributed by atoms with Gasteiger partial charge in [0, 0.05) is 26.5 Å². The Morgan fingerprint density at radius 2 is 2.12 bits per heavy atom. The van der Waals surface area contributed by atoms with Crippen molar-refractivity contribution in [1.82, 2.24) is 14.6 Å². The predicted molar refractivity (Wildman–Crippen MR) is 66.0 cm³/mol. The number of hydrazone groups is 1. The average Bonchev–Trinajstić information content (AvgIpc) is 2.80. The van der Waals surface area contributed by atoms with Crippen molar-refractivity contribution in [3.05, 3.63) is 48.5 Å². The highest BCUT2D eigenvalue weighted by Crippen LogP contribution is 2.17. The van der Waals surface area contributed by atoms with Gasteiger partial charge in [-0.25, -0.2) is 4.98 Å². The maximum Gasteiger partial charge on any atom is 0.168 e. The Hall–Kier alpha value is -2.30. The fourth-order valence-corrected chi connectivity index (χ4v) is 1.48. The Morgan fingerprint density at radius 1 is 1.35 bits per heavy atom. The number of hydrogen-bond acceptors (Lipinski definition) is 4. The number of benzene rings is 1. The van der Waals surface area contributed by atoms with Crippen LogP contribution < -0.4 is 0 Å². The Morgan fingerprint density at radius 3 is 2.71 bits per heavy atom. The number of hydrogen-bond donors (Lipinski definition) is 1. The lowest BCUT2D eigenvalue weighted by atomic mass is 10.2. The summed E-state index contributed by atoms with van der Waals surface area (Å²) in [5.41, 5.74) is 0.666. The molecule has 0 radical (unpaired) electrons. The summed E-state index contributed by atoms with van der Waals surface area (Å²) in [6, 6.07) is 7.09. The molecule has 0 aliphatic heterocycles. The molecule has 0 spiro atoms. The van der Waals surface area contributed by atoms with Gasteiger partial charge >= 0.3 is 0 Å². The zero-order chi connectivity index (χ0) is 12.3. The Balaban J connectivity index is 2.53. The molecule has 0 fully saturated rings. The largest absolute Gasteiger partial charge is 0.507 e. The van der Waals surface area contributed by atoms with E-state index in [0.29, 0.717) is 11.4 Å². The quantitative estimate of drug-likeness (QED) is 0.481. The first-order valence-electron chi connectivity index (χ1n) is 5.21. The summed E-state index contributed by atoms with van der Waals surface area (Å²) < 4.78 is 1.76. The highest BCUT2D eigenvalue weighted by atomic mass is 16.3. The number of imidazole rings is 1. The van der Waals surface area contributed by atoms with E-state index in [1.54, 1.807) is 40.4 Å². The molecule has 0 bridgehead atoms. The summed E-state index contributed by atoms with van der Waals surface area (Å²) in [7, 11) is 3.66. The fourth-order valence-electron chi connectivity index (χ4n) is 1.48. The van der Waals surface area contributed by atoms with Gasteiger partial charge in [0.15, 0.2) is 5.84 Å². The van der Waals surface area contributed by atoms with Crippen molar-refractivity contribution in [2.45, 2.75) is 0 Å². The summed E-state index contributed by atoms with van der Waals surface area (Å²) in [6.07, 6.45) is 5.11. The maximum absolute atomic E-state index is 9.86. The monoisotopic (exact) mass is 230 g/mol. The molecule has 1 N–H and O–H groups in total. The summed E-state index contributed by atoms with van der Waals surface area (Å²) in [5.74, 6) is 0.826. The van der Waals surface area contributed by atoms with Crippen LogP contribution in [0.25, 0.3) is 0 Å².